The molecule has 0 atom stereocenters. The molecule has 0 unspecified atom stereocenters. The minimum Gasteiger partial charge on any atom is -0.508 e. The second-order valence-corrected chi connectivity index (χ2v) is 7.56. The largest absolute Gasteiger partial charge is 0.508 e. The molecule has 2 aromatic carbocycles. The maximum Gasteiger partial charge on any atom is 0.416 e. The Morgan fingerprint density at radius 2 is 1.64 bits per heavy atom. The summed E-state index contributed by atoms with van der Waals surface area (Å²) in [6.07, 6.45) is -4.53. The number of alkyl halides is 3. The van der Waals surface area contributed by atoms with Gasteiger partial charge < -0.3 is 5.11 Å². The van der Waals surface area contributed by atoms with Crippen LogP contribution in [-0.4, -0.2) is 20.1 Å². The van der Waals surface area contributed by atoms with Crippen molar-refractivity contribution in [1.29, 1.82) is 0 Å². The number of rotatable bonds is 5. The lowest BCUT2D eigenvalue weighted by atomic mass is 10.1. The van der Waals surface area contributed by atoms with E-state index < -0.39 is 36.7 Å². The summed E-state index contributed by atoms with van der Waals surface area (Å²) in [5.74, 6) is 0.00675. The van der Waals surface area contributed by atoms with Gasteiger partial charge in [0.1, 0.15) is 10.6 Å². The van der Waals surface area contributed by atoms with Gasteiger partial charge in [-0.3, -0.25) is 0 Å². The molecule has 0 amide bonds. The van der Waals surface area contributed by atoms with Gasteiger partial charge in [0.25, 0.3) is 0 Å². The maximum absolute atomic E-state index is 12.7. The second kappa shape index (κ2) is 7.41. The first-order chi connectivity index (χ1) is 11.5. The fraction of sp³-hybridized carbons (Fsp3) is 0.200. The fourth-order valence-electron chi connectivity index (χ4n) is 2.09. The van der Waals surface area contributed by atoms with Gasteiger partial charge in [0, 0.05) is 6.54 Å². The van der Waals surface area contributed by atoms with Crippen molar-refractivity contribution in [1.82, 2.24) is 4.72 Å². The van der Waals surface area contributed by atoms with Gasteiger partial charge in [-0.05, 0) is 30.2 Å². The third-order valence-electron chi connectivity index (χ3n) is 3.27. The standard InChI is InChI=1S/C15H12Cl2F3NO3S/c16-11-7-10(15(18,19)20)8-12(17)14(11)25(23,24)21-6-5-9-3-1-2-4-13(9)22/h1-4,7-8,21-22H,5-6H2. The number of sulfonamides is 1. The molecule has 0 radical (unpaired) electrons. The summed E-state index contributed by atoms with van der Waals surface area (Å²) in [7, 11) is -4.23. The van der Waals surface area contributed by atoms with Crippen LogP contribution in [0.3, 0.4) is 0 Å². The highest BCUT2D eigenvalue weighted by Crippen LogP contribution is 2.37. The lowest BCUT2D eigenvalue weighted by molar-refractivity contribution is -0.137. The highest BCUT2D eigenvalue weighted by molar-refractivity contribution is 7.89. The molecule has 0 aliphatic rings. The van der Waals surface area contributed by atoms with Crippen LogP contribution in [0.5, 0.6) is 5.75 Å². The van der Waals surface area contributed by atoms with Crippen molar-refractivity contribution >= 4 is 33.2 Å². The van der Waals surface area contributed by atoms with Crippen LogP contribution in [0.25, 0.3) is 0 Å². The van der Waals surface area contributed by atoms with E-state index in [4.69, 9.17) is 23.2 Å². The summed E-state index contributed by atoms with van der Waals surface area (Å²) in [5, 5.41) is 8.37. The Balaban J connectivity index is 2.21. The molecule has 0 aromatic heterocycles. The Hall–Kier alpha value is -1.48. The van der Waals surface area contributed by atoms with Crippen molar-refractivity contribution in [2.24, 2.45) is 0 Å². The highest BCUT2D eigenvalue weighted by Gasteiger charge is 2.33. The van der Waals surface area contributed by atoms with Gasteiger partial charge >= 0.3 is 6.18 Å². The number of halogens is 5. The first kappa shape index (κ1) is 19.8. The Bertz CT molecular complexity index is 863. The number of aromatic hydroxyl groups is 1. The molecule has 10 heteroatoms. The van der Waals surface area contributed by atoms with Gasteiger partial charge in [-0.15, -0.1) is 0 Å². The number of nitrogens with one attached hydrogen (secondary N) is 1. The maximum atomic E-state index is 12.7. The third kappa shape index (κ3) is 4.78. The average Bonchev–Trinajstić information content (AvgIpc) is 2.47. The van der Waals surface area contributed by atoms with Gasteiger partial charge in [-0.2, -0.15) is 13.2 Å². The van der Waals surface area contributed by atoms with E-state index in [9.17, 15) is 26.7 Å². The van der Waals surface area contributed by atoms with E-state index in [1.807, 2.05) is 0 Å². The van der Waals surface area contributed by atoms with Gasteiger partial charge in [0.05, 0.1) is 15.6 Å². The Labute approximate surface area is 152 Å². The zero-order valence-corrected chi connectivity index (χ0v) is 14.8. The van der Waals surface area contributed by atoms with Crippen LogP contribution in [0.2, 0.25) is 10.0 Å². The first-order valence-electron chi connectivity index (χ1n) is 6.85. The molecule has 0 fully saturated rings. The highest BCUT2D eigenvalue weighted by atomic mass is 35.5. The number of para-hydroxylation sites is 1. The minimum absolute atomic E-state index is 0.00675. The molecular formula is C15H12Cl2F3NO3S. The number of hydrogen-bond acceptors (Lipinski definition) is 3. The Morgan fingerprint density at radius 3 is 2.16 bits per heavy atom. The summed E-state index contributed by atoms with van der Waals surface area (Å²) >= 11 is 11.4. The minimum atomic E-state index is -4.70. The van der Waals surface area contributed by atoms with Crippen molar-refractivity contribution in [3.05, 3.63) is 57.6 Å². The molecule has 0 aliphatic carbocycles. The SMILES string of the molecule is O=S(=O)(NCCc1ccccc1O)c1c(Cl)cc(C(F)(F)F)cc1Cl. The summed E-state index contributed by atoms with van der Waals surface area (Å²) in [6, 6.07) is 7.36. The summed E-state index contributed by atoms with van der Waals surface area (Å²) < 4.78 is 64.9. The molecule has 4 nitrogen and oxygen atoms in total. The predicted molar refractivity (Wildman–Crippen MR) is 88.5 cm³/mol. The quantitative estimate of drug-likeness (QED) is 0.770. The molecule has 0 saturated carbocycles. The van der Waals surface area contributed by atoms with Crippen molar-refractivity contribution in [3.63, 3.8) is 0 Å². The van der Waals surface area contributed by atoms with E-state index >= 15 is 0 Å². The monoisotopic (exact) mass is 413 g/mol. The number of hydrogen-bond donors (Lipinski definition) is 2. The molecule has 2 rings (SSSR count). The molecule has 2 aromatic rings. The number of phenols is 1. The lowest BCUT2D eigenvalue weighted by Crippen LogP contribution is -2.26. The van der Waals surface area contributed by atoms with Crippen LogP contribution in [0.15, 0.2) is 41.3 Å². The van der Waals surface area contributed by atoms with E-state index in [1.165, 1.54) is 6.07 Å². The van der Waals surface area contributed by atoms with Gasteiger partial charge in [0.2, 0.25) is 10.0 Å². The summed E-state index contributed by atoms with van der Waals surface area (Å²) in [5.41, 5.74) is -0.634. The zero-order chi connectivity index (χ0) is 18.8. The zero-order valence-electron chi connectivity index (χ0n) is 12.4. The summed E-state index contributed by atoms with van der Waals surface area (Å²) in [4.78, 5) is -0.624. The molecule has 136 valence electrons. The summed E-state index contributed by atoms with van der Waals surface area (Å²) in [6.45, 7) is -0.104. The van der Waals surface area contributed by atoms with Crippen LogP contribution in [0.1, 0.15) is 11.1 Å². The van der Waals surface area contributed by atoms with Crippen LogP contribution in [-0.2, 0) is 22.6 Å². The van der Waals surface area contributed by atoms with Crippen LogP contribution in [0, 0.1) is 0 Å². The molecular weight excluding hydrogens is 402 g/mol. The van der Waals surface area contributed by atoms with Crippen molar-refractivity contribution in [2.75, 3.05) is 6.54 Å². The van der Waals surface area contributed by atoms with Gasteiger partial charge in [-0.25, -0.2) is 13.1 Å². The smallest absolute Gasteiger partial charge is 0.416 e. The van der Waals surface area contributed by atoms with Crippen LogP contribution in [0.4, 0.5) is 13.2 Å². The van der Waals surface area contributed by atoms with Gasteiger partial charge in [-0.1, -0.05) is 41.4 Å². The first-order valence-corrected chi connectivity index (χ1v) is 9.09. The molecule has 2 N–H and O–H groups in total. The average molecular weight is 414 g/mol. The molecule has 25 heavy (non-hydrogen) atoms. The van der Waals surface area contributed by atoms with E-state index in [-0.39, 0.29) is 18.7 Å². The van der Waals surface area contributed by atoms with E-state index in [0.29, 0.717) is 17.7 Å². The van der Waals surface area contributed by atoms with Crippen LogP contribution >= 0.6 is 23.2 Å². The van der Waals surface area contributed by atoms with Crippen molar-refractivity contribution in [3.8, 4) is 5.75 Å². The molecule has 0 heterocycles. The molecule has 0 spiro atoms. The van der Waals surface area contributed by atoms with Gasteiger partial charge in [0.15, 0.2) is 0 Å². The topological polar surface area (TPSA) is 66.4 Å². The number of benzene rings is 2. The van der Waals surface area contributed by atoms with E-state index in [2.05, 4.69) is 4.72 Å². The molecule has 0 aliphatic heterocycles. The van der Waals surface area contributed by atoms with E-state index in [1.54, 1.807) is 18.2 Å². The van der Waals surface area contributed by atoms with Crippen molar-refractivity contribution < 1.29 is 26.7 Å². The fourth-order valence-corrected chi connectivity index (χ4v) is 4.34. The van der Waals surface area contributed by atoms with E-state index in [0.717, 1.165) is 0 Å². The second-order valence-electron chi connectivity index (χ2n) is 5.04. The Morgan fingerprint density at radius 1 is 1.08 bits per heavy atom. The number of phenolic OH excluding ortho intramolecular Hbond substituents is 1. The molecule has 0 saturated heterocycles. The lowest BCUT2D eigenvalue weighted by Gasteiger charge is -2.13. The molecule has 0 bridgehead atoms. The van der Waals surface area contributed by atoms with Crippen molar-refractivity contribution in [2.45, 2.75) is 17.5 Å². The Kier molecular flexibility index (Phi) is 5.88. The van der Waals surface area contributed by atoms with Crippen LogP contribution < -0.4 is 4.72 Å². The normalized spacial score (nSPS) is 12.4. The third-order valence-corrected chi connectivity index (χ3v) is 5.65. The predicted octanol–water partition coefficient (Wildman–Crippen LogP) is 4.24.